The first-order valence-corrected chi connectivity index (χ1v) is 1.10. The van der Waals surface area contributed by atoms with Crippen molar-refractivity contribution in [1.29, 1.82) is 0 Å². The fourth-order valence-corrected chi connectivity index (χ4v) is 0. The molecule has 0 aromatic rings. The number of nitrogens with zero attached hydrogens (tertiary/aromatic N) is 2. The van der Waals surface area contributed by atoms with Gasteiger partial charge in [0.2, 0.25) is 0 Å². The van der Waals surface area contributed by atoms with Crippen LogP contribution >= 0.6 is 0 Å². The largest absolute Gasteiger partial charge is 2.00 e. The Morgan fingerprint density at radius 3 is 0.381 bits per heavy atom. The maximum absolute atomic E-state index is 8.25. The van der Waals surface area contributed by atoms with E-state index in [-0.39, 0.29) is 85.2 Å². The number of hydrogen-bond acceptors (Lipinski definition) is 6. The van der Waals surface area contributed by atoms with Crippen LogP contribution in [0.5, 0.6) is 0 Å². The van der Waals surface area contributed by atoms with E-state index in [1.165, 1.54) is 0 Å². The Balaban J connectivity index is -0.00000000163. The molecule has 0 fully saturated rings. The van der Waals surface area contributed by atoms with Crippen LogP contribution in [-0.2, 0) is 19.5 Å². The summed E-state index contributed by atoms with van der Waals surface area (Å²) in [6.45, 7) is 0. The van der Waals surface area contributed by atoms with Crippen LogP contribution < -0.4 is 0 Å². The number of rotatable bonds is 0. The zero-order chi connectivity index (χ0) is 7.15. The third-order valence-corrected chi connectivity index (χ3v) is 0. The van der Waals surface area contributed by atoms with Gasteiger partial charge in [0.25, 0.3) is 0 Å². The molecule has 0 saturated heterocycles. The van der Waals surface area contributed by atoms with E-state index in [0.29, 0.717) is 0 Å². The normalized spacial score (nSPS) is 2.29. The maximum Gasteiger partial charge on any atom is 2.00 e. The summed E-state index contributed by atoms with van der Waals surface area (Å²) in [5.74, 6) is 0. The molecule has 21 heavy (non-hydrogen) atoms. The second-order valence-corrected chi connectivity index (χ2v) is 0.447. The third-order valence-electron chi connectivity index (χ3n) is 0. The third kappa shape index (κ3) is 2390. The molecule has 0 rings (SSSR count). The molecule has 20 nitrogen and oxygen atoms in total. The van der Waals surface area contributed by atoms with Crippen LogP contribution in [0.4, 0.5) is 0 Å². The van der Waals surface area contributed by atoms with Crippen LogP contribution in [0.1, 0.15) is 0 Å². The second-order valence-electron chi connectivity index (χ2n) is 0.447. The summed E-state index contributed by atoms with van der Waals surface area (Å²) >= 11 is 0. The predicted molar refractivity (Wildman–Crippen MR) is 64.1 cm³/mol. The van der Waals surface area contributed by atoms with E-state index in [2.05, 4.69) is 0 Å². The minimum absolute atomic E-state index is 0. The first kappa shape index (κ1) is 326. The van der Waals surface area contributed by atoms with Crippen molar-refractivity contribution in [2.24, 2.45) is 0 Å². The van der Waals surface area contributed by atoms with Gasteiger partial charge in [-0.25, -0.2) is 0 Å². The van der Waals surface area contributed by atoms with Crippen molar-refractivity contribution >= 4 is 0 Å². The molecule has 0 aliphatic rings. The van der Waals surface area contributed by atoms with Crippen molar-refractivity contribution in [3.63, 3.8) is 0 Å². The van der Waals surface area contributed by atoms with Crippen molar-refractivity contribution in [1.82, 2.24) is 0 Å². The van der Waals surface area contributed by atoms with Gasteiger partial charge in [-0.05, 0) is 0 Å². The quantitative estimate of drug-likeness (QED) is 0.213. The van der Waals surface area contributed by atoms with Gasteiger partial charge >= 0.3 is 19.5 Å². The van der Waals surface area contributed by atoms with Crippen LogP contribution in [0.15, 0.2) is 0 Å². The molecule has 0 unspecified atom stereocenters. The molecule has 0 aromatic carbocycles. The van der Waals surface area contributed by atoms with E-state index in [1.54, 1.807) is 0 Å². The molecule has 24 N–H and O–H groups in total. The van der Waals surface area contributed by atoms with Gasteiger partial charge in [0.05, 0.1) is 10.2 Å². The molecular formula is H24N2O18Zn. The monoisotopic (exact) mass is 404 g/mol. The minimum atomic E-state index is -1.75. The molecule has 144 valence electrons. The molecule has 0 atom stereocenters. The molecule has 0 aliphatic carbocycles. The first-order valence-electron chi connectivity index (χ1n) is 1.10. The Bertz CT molecular complexity index is 73.2. The molecule has 0 amide bonds. The second kappa shape index (κ2) is 276. The summed E-state index contributed by atoms with van der Waals surface area (Å²) in [6, 6.07) is 0. The fourth-order valence-electron chi connectivity index (χ4n) is 0. The van der Waals surface area contributed by atoms with E-state index in [4.69, 9.17) is 30.6 Å². The van der Waals surface area contributed by atoms with Crippen LogP contribution in [0, 0.1) is 30.6 Å². The van der Waals surface area contributed by atoms with Crippen LogP contribution in [0.3, 0.4) is 0 Å². The molecule has 0 heterocycles. The van der Waals surface area contributed by atoms with E-state index < -0.39 is 10.2 Å². The molecular weight excluding hydrogens is 381 g/mol. The van der Waals surface area contributed by atoms with Gasteiger partial charge in [-0.2, -0.15) is 0 Å². The van der Waals surface area contributed by atoms with Gasteiger partial charge in [-0.3, -0.25) is 0 Å². The van der Waals surface area contributed by atoms with Gasteiger partial charge in [0, 0.05) is 0 Å². The summed E-state index contributed by atoms with van der Waals surface area (Å²) in [5.41, 5.74) is 0. The Morgan fingerprint density at radius 1 is 0.381 bits per heavy atom. The average Bonchev–Trinajstić information content (AvgIpc) is 1.25. The topological polar surface area (TPSA) is 510 Å². The zero-order valence-electron chi connectivity index (χ0n) is 10.1. The molecule has 0 aliphatic heterocycles. The summed E-state index contributed by atoms with van der Waals surface area (Å²) in [4.78, 5) is 16.5. The van der Waals surface area contributed by atoms with E-state index in [0.717, 1.165) is 0 Å². The molecule has 0 bridgehead atoms. The Morgan fingerprint density at radius 2 is 0.381 bits per heavy atom. The van der Waals surface area contributed by atoms with Gasteiger partial charge in [0.15, 0.2) is 0 Å². The zero-order valence-corrected chi connectivity index (χ0v) is 13.0. The Kier molecular flexibility index (Phi) is 4290. The van der Waals surface area contributed by atoms with Gasteiger partial charge in [-0.15, -0.1) is 0 Å². The molecule has 0 saturated carbocycles. The summed E-state index contributed by atoms with van der Waals surface area (Å²) in [5, 5.41) is 29.5. The van der Waals surface area contributed by atoms with E-state index in [1.807, 2.05) is 0 Å². The van der Waals surface area contributed by atoms with Crippen LogP contribution in [0.2, 0.25) is 0 Å². The molecule has 21 heteroatoms. The molecule has 0 radical (unpaired) electrons. The minimum Gasteiger partial charge on any atom is -0.412 e. The Hall–Kier alpha value is -1.46. The fraction of sp³-hybridized carbons (Fsp3) is 0. The van der Waals surface area contributed by atoms with Crippen molar-refractivity contribution < 1.29 is 95.4 Å². The summed E-state index contributed by atoms with van der Waals surface area (Å²) in [7, 11) is 0. The summed E-state index contributed by atoms with van der Waals surface area (Å²) in [6.07, 6.45) is 0. The van der Waals surface area contributed by atoms with Crippen molar-refractivity contribution in [2.75, 3.05) is 0 Å². The van der Waals surface area contributed by atoms with Gasteiger partial charge in [-0.1, -0.05) is 0 Å². The van der Waals surface area contributed by atoms with E-state index >= 15 is 0 Å². The molecule has 0 spiro atoms. The van der Waals surface area contributed by atoms with Gasteiger partial charge < -0.3 is 96.4 Å². The van der Waals surface area contributed by atoms with E-state index in [9.17, 15) is 0 Å². The maximum atomic E-state index is 8.25. The van der Waals surface area contributed by atoms with Crippen molar-refractivity contribution in [2.45, 2.75) is 0 Å². The number of hydrogen-bond donors (Lipinski definition) is 0. The molecule has 0 aromatic heterocycles. The predicted octanol–water partition coefficient (Wildman–Crippen LogP) is -10.4. The standard InChI is InChI=1S/2NO3.12H2O.Zn/c2*2-1(3)4;;;;;;;;;;;;;/h;;12*1H2;/q2*-1;;;;;;;;;;;;;+2. The van der Waals surface area contributed by atoms with Gasteiger partial charge in [0.1, 0.15) is 0 Å². The summed E-state index contributed by atoms with van der Waals surface area (Å²) < 4.78 is 0. The van der Waals surface area contributed by atoms with Crippen LogP contribution in [0.25, 0.3) is 0 Å². The van der Waals surface area contributed by atoms with Crippen molar-refractivity contribution in [3.8, 4) is 0 Å². The average molecular weight is 406 g/mol. The SMILES string of the molecule is O.O.O.O.O.O.O.O.O.O.O.O.O=[N+]([O-])[O-].O=[N+]([O-])[O-].[Zn+2]. The van der Waals surface area contributed by atoms with Crippen molar-refractivity contribution in [3.05, 3.63) is 30.6 Å². The Labute approximate surface area is 127 Å². The smallest absolute Gasteiger partial charge is 0.412 e. The first-order chi connectivity index (χ1) is 3.46. The van der Waals surface area contributed by atoms with Crippen LogP contribution in [-0.4, -0.2) is 75.9 Å².